The van der Waals surface area contributed by atoms with Gasteiger partial charge in [-0.2, -0.15) is 8.78 Å². The van der Waals surface area contributed by atoms with Gasteiger partial charge in [-0.05, 0) is 106 Å². The topological polar surface area (TPSA) is 108 Å². The third-order valence-electron chi connectivity index (χ3n) is 13.2. The number of ether oxygens (including phenoxy) is 1. The zero-order valence-corrected chi connectivity index (χ0v) is 30.0. The zero-order chi connectivity index (χ0) is 36.6. The lowest BCUT2D eigenvalue weighted by Crippen LogP contribution is -2.60. The number of carbonyl (C=O) groups is 2. The van der Waals surface area contributed by atoms with Crippen LogP contribution in [-0.2, 0) is 16.1 Å². The molecule has 13 heteroatoms. The first kappa shape index (κ1) is 35.5. The molecule has 5 fully saturated rings. The number of amides is 1. The molecule has 1 saturated heterocycles. The van der Waals surface area contributed by atoms with Crippen LogP contribution in [0.2, 0.25) is 0 Å². The van der Waals surface area contributed by atoms with Crippen LogP contribution in [0.25, 0.3) is 0 Å². The number of carboxylic acid groups (broad SMARTS) is 1. The molecule has 2 aromatic rings. The predicted octanol–water partition coefficient (Wildman–Crippen LogP) is 7.59. The van der Waals surface area contributed by atoms with E-state index in [2.05, 4.69) is 28.3 Å². The Balaban J connectivity index is 1.05. The first-order valence-corrected chi connectivity index (χ1v) is 19.2. The van der Waals surface area contributed by atoms with Crippen molar-refractivity contribution in [1.29, 1.82) is 0 Å². The lowest BCUT2D eigenvalue weighted by atomic mass is 9.71. The maximum Gasteiger partial charge on any atom is 0.329 e. The minimum atomic E-state index is -3.50. The standard InChI is InChI=1S/C39H49F4N5O4/c1-23-14-24-16-25(15-23)39(18-24,34(50)51)46-33(49)29-19-44-35(45-32(29)36(2,40)41)48-20-37(12-4-3-5-13-37)30-17-28(10-11-31(30)48)52-27-8-6-26(7-9-27)47-21-38(42,43)22-47/h10-11,17,19,23-27H,3-9,12-16,18,20-22H2,1-2H3,(H,46,49)(H,50,51). The third-order valence-corrected chi connectivity index (χ3v) is 13.2. The highest BCUT2D eigenvalue weighted by Gasteiger charge is 2.57. The Hall–Kier alpha value is -3.48. The number of hydrogen-bond acceptors (Lipinski definition) is 7. The second-order valence-electron chi connectivity index (χ2n) is 17.0. The Morgan fingerprint density at radius 1 is 1.02 bits per heavy atom. The summed E-state index contributed by atoms with van der Waals surface area (Å²) in [5.74, 6) is -7.08. The van der Waals surface area contributed by atoms with Gasteiger partial charge in [0.25, 0.3) is 17.8 Å². The number of carbonyl (C=O) groups excluding carboxylic acids is 1. The van der Waals surface area contributed by atoms with E-state index < -0.39 is 40.5 Å². The summed E-state index contributed by atoms with van der Waals surface area (Å²) in [5.41, 5.74) is -1.02. The van der Waals surface area contributed by atoms with E-state index in [4.69, 9.17) is 4.74 Å². The van der Waals surface area contributed by atoms with Crippen LogP contribution >= 0.6 is 0 Å². The van der Waals surface area contributed by atoms with Crippen molar-refractivity contribution in [1.82, 2.24) is 20.2 Å². The SMILES string of the molecule is CC1CC2CC(C1)C(NC(=O)c1cnc(N3CC4(CCCCC4)c4cc(OC5CCC(N6CC(F)(F)C6)CC5)ccc43)nc1C(C)(F)F)(C(=O)O)C2. The molecule has 0 radical (unpaired) electrons. The van der Waals surface area contributed by atoms with E-state index >= 15 is 8.78 Å². The number of aromatic nitrogens is 2. The number of rotatable bonds is 8. The molecule has 9 nitrogen and oxygen atoms in total. The van der Waals surface area contributed by atoms with Gasteiger partial charge in [0.1, 0.15) is 17.0 Å². The molecule has 282 valence electrons. The van der Waals surface area contributed by atoms with Crippen LogP contribution in [-0.4, -0.2) is 75.1 Å². The largest absolute Gasteiger partial charge is 0.490 e. The average Bonchev–Trinajstić information content (AvgIpc) is 3.53. The lowest BCUT2D eigenvalue weighted by molar-refractivity contribution is -0.151. The third kappa shape index (κ3) is 6.32. The molecule has 1 spiro atoms. The summed E-state index contributed by atoms with van der Waals surface area (Å²) in [4.78, 5) is 39.1. The van der Waals surface area contributed by atoms with Crippen molar-refractivity contribution >= 4 is 23.5 Å². The summed E-state index contributed by atoms with van der Waals surface area (Å²) in [6.45, 7) is 2.97. The van der Waals surface area contributed by atoms with Gasteiger partial charge >= 0.3 is 5.97 Å². The van der Waals surface area contributed by atoms with Crippen LogP contribution < -0.4 is 15.0 Å². The second kappa shape index (κ2) is 12.8. The van der Waals surface area contributed by atoms with Crippen molar-refractivity contribution < 1.29 is 37.0 Å². The van der Waals surface area contributed by atoms with Gasteiger partial charge in [0.05, 0.1) is 24.8 Å². The zero-order valence-electron chi connectivity index (χ0n) is 30.0. The van der Waals surface area contributed by atoms with Gasteiger partial charge in [0, 0.05) is 36.8 Å². The highest BCUT2D eigenvalue weighted by Crippen LogP contribution is 2.53. The van der Waals surface area contributed by atoms with Crippen molar-refractivity contribution in [2.45, 2.75) is 132 Å². The van der Waals surface area contributed by atoms with Gasteiger partial charge in [0.15, 0.2) is 0 Å². The molecule has 2 N–H and O–H groups in total. The Labute approximate surface area is 301 Å². The molecule has 4 saturated carbocycles. The van der Waals surface area contributed by atoms with Gasteiger partial charge in [-0.15, -0.1) is 0 Å². The first-order valence-electron chi connectivity index (χ1n) is 19.2. The maximum atomic E-state index is 15.4. The number of hydrogen-bond donors (Lipinski definition) is 2. The highest BCUT2D eigenvalue weighted by atomic mass is 19.3. The number of nitrogens with zero attached hydrogens (tertiary/aromatic N) is 4. The monoisotopic (exact) mass is 727 g/mol. The molecule has 1 aromatic heterocycles. The number of halogens is 4. The first-order chi connectivity index (χ1) is 24.6. The summed E-state index contributed by atoms with van der Waals surface area (Å²) in [6.07, 6.45) is 11.8. The van der Waals surface area contributed by atoms with Crippen LogP contribution in [0, 0.1) is 17.8 Å². The van der Waals surface area contributed by atoms with Crippen molar-refractivity contribution in [2.24, 2.45) is 17.8 Å². The van der Waals surface area contributed by atoms with Gasteiger partial charge in [-0.25, -0.2) is 23.5 Å². The fraction of sp³-hybridized carbons (Fsp3) is 0.692. The van der Waals surface area contributed by atoms with E-state index in [0.29, 0.717) is 32.2 Å². The number of nitrogens with one attached hydrogen (secondary N) is 1. The summed E-state index contributed by atoms with van der Waals surface area (Å²) in [5, 5.41) is 13.1. The minimum Gasteiger partial charge on any atom is -0.490 e. The number of anilines is 2. The molecule has 3 heterocycles. The Bertz CT molecular complexity index is 1710. The van der Waals surface area contributed by atoms with E-state index in [1.807, 2.05) is 21.9 Å². The number of carboxylic acids is 1. The molecular weight excluding hydrogens is 678 g/mol. The molecule has 6 aliphatic rings. The van der Waals surface area contributed by atoms with Crippen molar-refractivity contribution in [3.63, 3.8) is 0 Å². The molecule has 2 aliphatic heterocycles. The number of likely N-dealkylation sites (tertiary alicyclic amines) is 1. The van der Waals surface area contributed by atoms with Crippen LogP contribution in [0.15, 0.2) is 24.4 Å². The summed E-state index contributed by atoms with van der Waals surface area (Å²) < 4.78 is 64.1. The molecule has 4 aliphatic carbocycles. The van der Waals surface area contributed by atoms with Crippen LogP contribution in [0.4, 0.5) is 29.2 Å². The Morgan fingerprint density at radius 3 is 2.42 bits per heavy atom. The van der Waals surface area contributed by atoms with E-state index in [-0.39, 0.29) is 54.9 Å². The quantitative estimate of drug-likeness (QED) is 0.268. The summed E-state index contributed by atoms with van der Waals surface area (Å²) in [7, 11) is 0. The Morgan fingerprint density at radius 2 is 1.75 bits per heavy atom. The van der Waals surface area contributed by atoms with Crippen molar-refractivity contribution in [3.8, 4) is 5.75 Å². The summed E-state index contributed by atoms with van der Waals surface area (Å²) >= 11 is 0. The molecule has 1 aromatic carbocycles. The van der Waals surface area contributed by atoms with Gasteiger partial charge in [-0.1, -0.05) is 26.2 Å². The number of fused-ring (bicyclic) bond motifs is 4. The van der Waals surface area contributed by atoms with Crippen LogP contribution in [0.5, 0.6) is 5.75 Å². The van der Waals surface area contributed by atoms with Crippen molar-refractivity contribution in [2.75, 3.05) is 24.5 Å². The number of alkyl halides is 4. The molecule has 1 amide bonds. The summed E-state index contributed by atoms with van der Waals surface area (Å²) in [6, 6.07) is 6.06. The molecule has 2 bridgehead atoms. The fourth-order valence-corrected chi connectivity index (χ4v) is 10.8. The maximum absolute atomic E-state index is 15.4. The van der Waals surface area contributed by atoms with E-state index in [1.165, 1.54) is 0 Å². The van der Waals surface area contributed by atoms with Crippen LogP contribution in [0.3, 0.4) is 0 Å². The number of benzene rings is 1. The molecule has 4 unspecified atom stereocenters. The molecule has 8 rings (SSSR count). The van der Waals surface area contributed by atoms with Crippen LogP contribution in [0.1, 0.15) is 119 Å². The second-order valence-corrected chi connectivity index (χ2v) is 17.0. The predicted molar refractivity (Wildman–Crippen MR) is 185 cm³/mol. The van der Waals surface area contributed by atoms with E-state index in [9.17, 15) is 23.5 Å². The normalized spacial score (nSPS) is 32.3. The van der Waals surface area contributed by atoms with E-state index in [1.54, 1.807) is 0 Å². The molecule has 52 heavy (non-hydrogen) atoms. The fourth-order valence-electron chi connectivity index (χ4n) is 10.8. The van der Waals surface area contributed by atoms with E-state index in [0.717, 1.165) is 87.4 Å². The van der Waals surface area contributed by atoms with Gasteiger partial charge < -0.3 is 20.1 Å². The molecule has 4 atom stereocenters. The highest BCUT2D eigenvalue weighted by molar-refractivity contribution is 5.99. The lowest BCUT2D eigenvalue weighted by Gasteiger charge is -2.46. The number of aliphatic carboxylic acids is 1. The molecular formula is C39H49F4N5O4. The van der Waals surface area contributed by atoms with Crippen molar-refractivity contribution in [3.05, 3.63) is 41.2 Å². The minimum absolute atomic E-state index is 0.0141. The average molecular weight is 728 g/mol. The Kier molecular flexibility index (Phi) is 8.77. The smallest absolute Gasteiger partial charge is 0.329 e. The van der Waals surface area contributed by atoms with Gasteiger partial charge in [0.2, 0.25) is 5.95 Å². The van der Waals surface area contributed by atoms with Gasteiger partial charge in [-0.3, -0.25) is 9.69 Å².